The first kappa shape index (κ1) is 15.0. The second-order valence-corrected chi connectivity index (χ2v) is 6.41. The van der Waals surface area contributed by atoms with Crippen molar-refractivity contribution in [3.8, 4) is 5.69 Å². The standard InChI is InChI=1S/C19H13ClN6/c20-14-6-8-15(9-7-14)26-18-16(11-22-26)19-23-17(24-25(19)12-21-18)10-13-4-2-1-3-5-13/h1-9,11-12H,10H2. The maximum atomic E-state index is 5.97. The molecule has 5 rings (SSSR count). The number of hydrogen-bond acceptors (Lipinski definition) is 4. The summed E-state index contributed by atoms with van der Waals surface area (Å²) >= 11 is 5.97. The summed E-state index contributed by atoms with van der Waals surface area (Å²) in [6.45, 7) is 0. The fourth-order valence-corrected chi connectivity index (χ4v) is 3.12. The van der Waals surface area contributed by atoms with Crippen molar-refractivity contribution in [2.24, 2.45) is 0 Å². The van der Waals surface area contributed by atoms with Crippen LogP contribution < -0.4 is 0 Å². The van der Waals surface area contributed by atoms with Gasteiger partial charge in [0.05, 0.1) is 17.3 Å². The molecule has 0 atom stereocenters. The molecule has 0 N–H and O–H groups in total. The number of nitrogens with zero attached hydrogens (tertiary/aromatic N) is 6. The normalized spacial score (nSPS) is 11.4. The minimum atomic E-state index is 0.676. The number of aromatic nitrogens is 6. The molecule has 0 saturated heterocycles. The minimum Gasteiger partial charge on any atom is -0.216 e. The van der Waals surface area contributed by atoms with Gasteiger partial charge in [-0.2, -0.15) is 5.10 Å². The van der Waals surface area contributed by atoms with Crippen molar-refractivity contribution in [1.29, 1.82) is 0 Å². The molecule has 5 aromatic rings. The van der Waals surface area contributed by atoms with E-state index in [0.29, 0.717) is 11.4 Å². The highest BCUT2D eigenvalue weighted by molar-refractivity contribution is 6.30. The predicted molar refractivity (Wildman–Crippen MR) is 99.7 cm³/mol. The van der Waals surface area contributed by atoms with Gasteiger partial charge in [0.2, 0.25) is 0 Å². The summed E-state index contributed by atoms with van der Waals surface area (Å²) in [5, 5.41) is 10.5. The van der Waals surface area contributed by atoms with E-state index in [4.69, 9.17) is 16.6 Å². The van der Waals surface area contributed by atoms with E-state index in [9.17, 15) is 0 Å². The van der Waals surface area contributed by atoms with Crippen LogP contribution in [0.4, 0.5) is 0 Å². The van der Waals surface area contributed by atoms with Crippen LogP contribution in [0.2, 0.25) is 5.02 Å². The molecule has 0 fully saturated rings. The lowest BCUT2D eigenvalue weighted by molar-refractivity contribution is 0.866. The van der Waals surface area contributed by atoms with Crippen molar-refractivity contribution < 1.29 is 0 Å². The third-order valence-corrected chi connectivity index (χ3v) is 4.48. The lowest BCUT2D eigenvalue weighted by atomic mass is 10.1. The summed E-state index contributed by atoms with van der Waals surface area (Å²) in [6, 6.07) is 17.6. The first-order chi connectivity index (χ1) is 12.8. The molecule has 3 aromatic heterocycles. The second-order valence-electron chi connectivity index (χ2n) is 5.97. The first-order valence-electron chi connectivity index (χ1n) is 8.16. The molecule has 0 aliphatic rings. The zero-order valence-corrected chi connectivity index (χ0v) is 14.4. The van der Waals surface area contributed by atoms with E-state index in [0.717, 1.165) is 28.2 Å². The molecule has 0 saturated carbocycles. The van der Waals surface area contributed by atoms with E-state index >= 15 is 0 Å². The van der Waals surface area contributed by atoms with Crippen LogP contribution in [0, 0.1) is 0 Å². The van der Waals surface area contributed by atoms with Crippen molar-refractivity contribution in [1.82, 2.24) is 29.4 Å². The SMILES string of the molecule is Clc1ccc(-n2ncc3c2ncn2nc(Cc4ccccc4)nc32)cc1. The maximum absolute atomic E-state index is 5.97. The van der Waals surface area contributed by atoms with E-state index in [1.165, 1.54) is 5.56 Å². The van der Waals surface area contributed by atoms with Crippen molar-refractivity contribution in [3.63, 3.8) is 0 Å². The third-order valence-electron chi connectivity index (χ3n) is 4.23. The molecular formula is C19H13ClN6. The van der Waals surface area contributed by atoms with Crippen LogP contribution in [-0.4, -0.2) is 29.4 Å². The summed E-state index contributed by atoms with van der Waals surface area (Å²) in [5.74, 6) is 0.754. The summed E-state index contributed by atoms with van der Waals surface area (Å²) in [6.07, 6.45) is 4.12. The Bertz CT molecular complexity index is 1210. The van der Waals surface area contributed by atoms with Crippen LogP contribution in [0.3, 0.4) is 0 Å². The molecular weight excluding hydrogens is 348 g/mol. The van der Waals surface area contributed by atoms with E-state index in [2.05, 4.69) is 27.3 Å². The number of hydrogen-bond donors (Lipinski definition) is 0. The summed E-state index contributed by atoms with van der Waals surface area (Å²) < 4.78 is 3.48. The van der Waals surface area contributed by atoms with E-state index in [1.54, 1.807) is 21.7 Å². The number of fused-ring (bicyclic) bond motifs is 3. The molecule has 6 nitrogen and oxygen atoms in total. The third kappa shape index (κ3) is 2.51. The highest BCUT2D eigenvalue weighted by Crippen LogP contribution is 2.21. The van der Waals surface area contributed by atoms with Crippen molar-refractivity contribution in [2.75, 3.05) is 0 Å². The fraction of sp³-hybridized carbons (Fsp3) is 0.0526. The van der Waals surface area contributed by atoms with Gasteiger partial charge in [-0.1, -0.05) is 41.9 Å². The van der Waals surface area contributed by atoms with Gasteiger partial charge in [0.15, 0.2) is 17.1 Å². The van der Waals surface area contributed by atoms with Gasteiger partial charge >= 0.3 is 0 Å². The van der Waals surface area contributed by atoms with Gasteiger partial charge in [-0.15, -0.1) is 5.10 Å². The Balaban J connectivity index is 1.61. The monoisotopic (exact) mass is 360 g/mol. The zero-order chi connectivity index (χ0) is 17.5. The Labute approximate surface area is 153 Å². The highest BCUT2D eigenvalue weighted by atomic mass is 35.5. The second kappa shape index (κ2) is 5.93. The quantitative estimate of drug-likeness (QED) is 0.492. The molecule has 2 aromatic carbocycles. The molecule has 0 bridgehead atoms. The maximum Gasteiger partial charge on any atom is 0.170 e. The first-order valence-corrected chi connectivity index (χ1v) is 8.53. The van der Waals surface area contributed by atoms with Crippen molar-refractivity contribution in [2.45, 2.75) is 6.42 Å². The van der Waals surface area contributed by atoms with Gasteiger partial charge < -0.3 is 0 Å². The Hall–Kier alpha value is -3.25. The van der Waals surface area contributed by atoms with Crippen LogP contribution in [0.25, 0.3) is 22.4 Å². The molecule has 3 heterocycles. The van der Waals surface area contributed by atoms with Gasteiger partial charge in [-0.25, -0.2) is 19.2 Å². The Morgan fingerprint density at radius 3 is 2.54 bits per heavy atom. The zero-order valence-electron chi connectivity index (χ0n) is 13.6. The van der Waals surface area contributed by atoms with Crippen LogP contribution in [-0.2, 0) is 6.42 Å². The average Bonchev–Trinajstić information content (AvgIpc) is 3.26. The summed E-state index contributed by atoms with van der Waals surface area (Å²) in [4.78, 5) is 9.21. The van der Waals surface area contributed by atoms with E-state index in [1.807, 2.05) is 42.5 Å². The van der Waals surface area contributed by atoms with Gasteiger partial charge in [0.1, 0.15) is 6.33 Å². The fourth-order valence-electron chi connectivity index (χ4n) is 2.99. The number of rotatable bonds is 3. The molecule has 0 amide bonds. The van der Waals surface area contributed by atoms with E-state index in [-0.39, 0.29) is 0 Å². The van der Waals surface area contributed by atoms with Crippen LogP contribution in [0.1, 0.15) is 11.4 Å². The average molecular weight is 361 g/mol. The Morgan fingerprint density at radius 1 is 0.923 bits per heavy atom. The smallest absolute Gasteiger partial charge is 0.170 e. The van der Waals surface area contributed by atoms with Crippen molar-refractivity contribution in [3.05, 3.63) is 83.5 Å². The molecule has 7 heteroatoms. The van der Waals surface area contributed by atoms with Gasteiger partial charge in [-0.05, 0) is 29.8 Å². The van der Waals surface area contributed by atoms with Crippen LogP contribution >= 0.6 is 11.6 Å². The molecule has 0 radical (unpaired) electrons. The largest absolute Gasteiger partial charge is 0.216 e. The molecule has 0 aliphatic carbocycles. The lowest BCUT2D eigenvalue weighted by Crippen LogP contribution is -1.98. The molecule has 0 unspecified atom stereocenters. The lowest BCUT2D eigenvalue weighted by Gasteiger charge is -2.02. The minimum absolute atomic E-state index is 0.676. The summed E-state index contributed by atoms with van der Waals surface area (Å²) in [5.41, 5.74) is 3.55. The van der Waals surface area contributed by atoms with Crippen LogP contribution in [0.15, 0.2) is 67.1 Å². The van der Waals surface area contributed by atoms with Crippen LogP contribution in [0.5, 0.6) is 0 Å². The number of benzene rings is 2. The topological polar surface area (TPSA) is 60.9 Å². The van der Waals surface area contributed by atoms with E-state index < -0.39 is 0 Å². The highest BCUT2D eigenvalue weighted by Gasteiger charge is 2.13. The van der Waals surface area contributed by atoms with Crippen molar-refractivity contribution >= 4 is 28.3 Å². The Morgan fingerprint density at radius 2 is 1.73 bits per heavy atom. The molecule has 126 valence electrons. The van der Waals surface area contributed by atoms with Gasteiger partial charge in [0.25, 0.3) is 0 Å². The van der Waals surface area contributed by atoms with Gasteiger partial charge in [0, 0.05) is 11.4 Å². The molecule has 0 spiro atoms. The Kier molecular flexibility index (Phi) is 3.43. The molecule has 0 aliphatic heterocycles. The molecule has 26 heavy (non-hydrogen) atoms. The number of halogens is 1. The van der Waals surface area contributed by atoms with Gasteiger partial charge in [-0.3, -0.25) is 0 Å². The summed E-state index contributed by atoms with van der Waals surface area (Å²) in [7, 11) is 0. The predicted octanol–water partition coefficient (Wildman–Crippen LogP) is 3.71.